The molecule has 0 fully saturated rings. The predicted octanol–water partition coefficient (Wildman–Crippen LogP) is 5.27. The number of amides is 1. The summed E-state index contributed by atoms with van der Waals surface area (Å²) in [5.41, 5.74) is -1.11. The average Bonchev–Trinajstić information content (AvgIpc) is 2.82. The van der Waals surface area contributed by atoms with Crippen LogP contribution in [-0.2, 0) is 22.4 Å². The van der Waals surface area contributed by atoms with Crippen LogP contribution in [0.5, 0.6) is 0 Å². The van der Waals surface area contributed by atoms with Crippen molar-refractivity contribution in [2.24, 2.45) is 0 Å². The van der Waals surface area contributed by atoms with Crippen molar-refractivity contribution in [2.45, 2.75) is 36.6 Å². The van der Waals surface area contributed by atoms with Gasteiger partial charge in [0, 0.05) is 18.3 Å². The van der Waals surface area contributed by atoms with Gasteiger partial charge in [-0.05, 0) is 67.4 Å². The minimum absolute atomic E-state index is 0.0806. The van der Waals surface area contributed by atoms with Gasteiger partial charge in [-0.1, -0.05) is 18.2 Å². The standard InChI is InChI=1S/C24H21F6N3O3S/c1-15-3-2-4-21(32-15)22(34)31-14-13-20(16-5-7-17(8-6-16)23(25,26)27)33-37(35,36)19-11-9-18(10-12-19)24(28,29)30/h2-12,20,33H,13-14H2,1H3,(H,31,34). The maximum atomic E-state index is 13.0. The number of halogens is 6. The first-order chi connectivity index (χ1) is 17.2. The van der Waals surface area contributed by atoms with Gasteiger partial charge in [0.25, 0.3) is 5.91 Å². The Kier molecular flexibility index (Phi) is 8.28. The Morgan fingerprint density at radius 1 is 0.865 bits per heavy atom. The van der Waals surface area contributed by atoms with Gasteiger partial charge in [-0.2, -0.15) is 26.3 Å². The lowest BCUT2D eigenvalue weighted by atomic mass is 10.0. The molecule has 198 valence electrons. The molecule has 37 heavy (non-hydrogen) atoms. The Bertz CT molecular complexity index is 1340. The summed E-state index contributed by atoms with van der Waals surface area (Å²) >= 11 is 0. The number of carbonyl (C=O) groups excluding carboxylic acids is 1. The Morgan fingerprint density at radius 3 is 1.92 bits per heavy atom. The molecule has 1 heterocycles. The number of aromatic nitrogens is 1. The van der Waals surface area contributed by atoms with E-state index in [9.17, 15) is 39.6 Å². The summed E-state index contributed by atoms with van der Waals surface area (Å²) in [7, 11) is -4.38. The van der Waals surface area contributed by atoms with E-state index in [0.29, 0.717) is 17.8 Å². The Labute approximate surface area is 208 Å². The van der Waals surface area contributed by atoms with Gasteiger partial charge >= 0.3 is 12.4 Å². The van der Waals surface area contributed by atoms with Gasteiger partial charge in [-0.3, -0.25) is 4.79 Å². The van der Waals surface area contributed by atoms with E-state index in [-0.39, 0.29) is 24.2 Å². The summed E-state index contributed by atoms with van der Waals surface area (Å²) < 4.78 is 105. The SMILES string of the molecule is Cc1cccc(C(=O)NCCC(NS(=O)(=O)c2ccc(C(F)(F)F)cc2)c2ccc(C(F)(F)F)cc2)n1. The van der Waals surface area contributed by atoms with Crippen LogP contribution < -0.4 is 10.0 Å². The second kappa shape index (κ2) is 10.9. The van der Waals surface area contributed by atoms with Crippen LogP contribution >= 0.6 is 0 Å². The lowest BCUT2D eigenvalue weighted by Crippen LogP contribution is -2.33. The van der Waals surface area contributed by atoms with Gasteiger partial charge in [0.15, 0.2) is 0 Å². The molecule has 0 aliphatic heterocycles. The summed E-state index contributed by atoms with van der Waals surface area (Å²) in [6, 6.07) is 10.2. The molecule has 3 rings (SSSR count). The van der Waals surface area contributed by atoms with Crippen LogP contribution in [0.2, 0.25) is 0 Å². The molecule has 13 heteroatoms. The third-order valence-electron chi connectivity index (χ3n) is 5.27. The fourth-order valence-electron chi connectivity index (χ4n) is 3.37. The third-order valence-corrected chi connectivity index (χ3v) is 6.76. The van der Waals surface area contributed by atoms with Crippen LogP contribution in [0.4, 0.5) is 26.3 Å². The van der Waals surface area contributed by atoms with Crippen molar-refractivity contribution in [3.63, 3.8) is 0 Å². The topological polar surface area (TPSA) is 88.2 Å². The Balaban J connectivity index is 1.82. The third kappa shape index (κ3) is 7.52. The van der Waals surface area contributed by atoms with Crippen molar-refractivity contribution < 1.29 is 39.6 Å². The predicted molar refractivity (Wildman–Crippen MR) is 122 cm³/mol. The van der Waals surface area contributed by atoms with Crippen LogP contribution in [0.1, 0.15) is 45.3 Å². The fraction of sp³-hybridized carbons (Fsp3) is 0.250. The summed E-state index contributed by atoms with van der Waals surface area (Å²) in [4.78, 5) is 16.0. The quantitative estimate of drug-likeness (QED) is 0.378. The number of hydrogen-bond acceptors (Lipinski definition) is 4. The maximum absolute atomic E-state index is 13.0. The molecule has 0 saturated heterocycles. The largest absolute Gasteiger partial charge is 0.416 e. The van der Waals surface area contributed by atoms with E-state index < -0.39 is 50.3 Å². The fourth-order valence-corrected chi connectivity index (χ4v) is 4.63. The zero-order chi connectivity index (χ0) is 27.4. The molecule has 0 spiro atoms. The minimum Gasteiger partial charge on any atom is -0.351 e. The van der Waals surface area contributed by atoms with E-state index in [4.69, 9.17) is 0 Å². The molecule has 1 aromatic heterocycles. The summed E-state index contributed by atoms with van der Waals surface area (Å²) in [5, 5.41) is 2.57. The molecule has 1 atom stereocenters. The number of carbonyl (C=O) groups is 1. The van der Waals surface area contributed by atoms with E-state index >= 15 is 0 Å². The Hall–Kier alpha value is -3.45. The molecule has 1 amide bonds. The molecular formula is C24H21F6N3O3S. The maximum Gasteiger partial charge on any atom is 0.416 e. The highest BCUT2D eigenvalue weighted by Gasteiger charge is 2.32. The van der Waals surface area contributed by atoms with E-state index in [1.54, 1.807) is 19.1 Å². The first-order valence-corrected chi connectivity index (χ1v) is 12.2. The van der Waals surface area contributed by atoms with Gasteiger partial charge < -0.3 is 5.32 Å². The average molecular weight is 546 g/mol. The van der Waals surface area contributed by atoms with Crippen molar-refractivity contribution in [2.75, 3.05) is 6.54 Å². The number of benzene rings is 2. The summed E-state index contributed by atoms with van der Waals surface area (Å²) in [6.07, 6.45) is -9.35. The number of nitrogens with one attached hydrogen (secondary N) is 2. The van der Waals surface area contributed by atoms with E-state index in [1.807, 2.05) is 0 Å². The normalized spacial score (nSPS) is 13.3. The zero-order valence-corrected chi connectivity index (χ0v) is 20.0. The number of alkyl halides is 6. The second-order valence-electron chi connectivity index (χ2n) is 8.02. The van der Waals surface area contributed by atoms with Gasteiger partial charge in [-0.15, -0.1) is 0 Å². The molecule has 6 nitrogen and oxygen atoms in total. The van der Waals surface area contributed by atoms with E-state index in [1.165, 1.54) is 6.07 Å². The number of sulfonamides is 1. The molecule has 0 saturated carbocycles. The summed E-state index contributed by atoms with van der Waals surface area (Å²) in [6.45, 7) is 1.60. The van der Waals surface area contributed by atoms with Crippen molar-refractivity contribution in [1.82, 2.24) is 15.0 Å². The van der Waals surface area contributed by atoms with Crippen LogP contribution in [0.15, 0.2) is 71.6 Å². The number of hydrogen-bond donors (Lipinski definition) is 2. The first-order valence-electron chi connectivity index (χ1n) is 10.8. The van der Waals surface area contributed by atoms with Crippen LogP contribution in [-0.4, -0.2) is 25.9 Å². The molecule has 0 bridgehead atoms. The zero-order valence-electron chi connectivity index (χ0n) is 19.2. The lowest BCUT2D eigenvalue weighted by Gasteiger charge is -2.20. The first kappa shape index (κ1) is 28.1. The van der Waals surface area contributed by atoms with Crippen LogP contribution in [0.25, 0.3) is 0 Å². The molecule has 2 aromatic carbocycles. The number of nitrogens with zero attached hydrogens (tertiary/aromatic N) is 1. The molecule has 2 N–H and O–H groups in total. The van der Waals surface area contributed by atoms with Crippen LogP contribution in [0, 0.1) is 6.92 Å². The highest BCUT2D eigenvalue weighted by atomic mass is 32.2. The number of aryl methyl sites for hydroxylation is 1. The summed E-state index contributed by atoms with van der Waals surface area (Å²) in [5.74, 6) is -0.541. The van der Waals surface area contributed by atoms with Crippen molar-refractivity contribution in [3.05, 3.63) is 94.8 Å². The van der Waals surface area contributed by atoms with Gasteiger partial charge in [-0.25, -0.2) is 18.1 Å². The minimum atomic E-state index is -4.66. The van der Waals surface area contributed by atoms with Gasteiger partial charge in [0.2, 0.25) is 10.0 Å². The van der Waals surface area contributed by atoms with Crippen molar-refractivity contribution >= 4 is 15.9 Å². The van der Waals surface area contributed by atoms with Crippen molar-refractivity contribution in [3.8, 4) is 0 Å². The molecule has 3 aromatic rings. The molecular weight excluding hydrogens is 524 g/mol. The lowest BCUT2D eigenvalue weighted by molar-refractivity contribution is -0.138. The highest BCUT2D eigenvalue weighted by molar-refractivity contribution is 7.89. The van der Waals surface area contributed by atoms with Crippen LogP contribution in [0.3, 0.4) is 0 Å². The van der Waals surface area contributed by atoms with E-state index in [2.05, 4.69) is 15.0 Å². The van der Waals surface area contributed by atoms with Crippen molar-refractivity contribution in [1.29, 1.82) is 0 Å². The molecule has 0 radical (unpaired) electrons. The molecule has 0 aliphatic rings. The number of rotatable bonds is 8. The van der Waals surface area contributed by atoms with Gasteiger partial charge in [0.05, 0.1) is 16.0 Å². The second-order valence-corrected chi connectivity index (χ2v) is 9.74. The Morgan fingerprint density at radius 2 is 1.41 bits per heavy atom. The number of pyridine rings is 1. The molecule has 1 unspecified atom stereocenters. The van der Waals surface area contributed by atoms with E-state index in [0.717, 1.165) is 36.4 Å². The monoisotopic (exact) mass is 545 g/mol. The molecule has 0 aliphatic carbocycles. The highest BCUT2D eigenvalue weighted by Crippen LogP contribution is 2.32. The smallest absolute Gasteiger partial charge is 0.351 e. The van der Waals surface area contributed by atoms with Gasteiger partial charge in [0.1, 0.15) is 5.69 Å².